The van der Waals surface area contributed by atoms with Gasteiger partial charge in [-0.2, -0.15) is 0 Å². The zero-order chi connectivity index (χ0) is 31.6. The molecule has 0 saturated carbocycles. The molecule has 3 aromatic rings. The van der Waals surface area contributed by atoms with Crippen LogP contribution in [0.5, 0.6) is 0 Å². The number of nitrogens with one attached hydrogen (secondary N) is 1. The van der Waals surface area contributed by atoms with Crippen LogP contribution in [-0.4, -0.2) is 11.4 Å². The maximum absolute atomic E-state index is 14.3. The molecule has 1 heterocycles. The van der Waals surface area contributed by atoms with Crippen molar-refractivity contribution in [1.29, 1.82) is 0 Å². The first-order chi connectivity index (χ1) is 21.1. The maximum atomic E-state index is 14.3. The molecule has 0 spiro atoms. The Hall–Kier alpha value is -4.52. The van der Waals surface area contributed by atoms with Crippen molar-refractivity contribution in [2.45, 2.75) is 46.1 Å². The van der Waals surface area contributed by atoms with Gasteiger partial charge in [-0.3, -0.25) is 0 Å². The average Bonchev–Trinajstić information content (AvgIpc) is 3.00. The molecule has 0 radical (unpaired) electrons. The molecule has 1 unspecified atom stereocenters. The molecule has 0 aromatic heterocycles. The summed E-state index contributed by atoms with van der Waals surface area (Å²) in [5.74, 6) is -2.59. The van der Waals surface area contributed by atoms with E-state index in [1.54, 1.807) is 6.07 Å². The Morgan fingerprint density at radius 2 is 1.57 bits per heavy atom. The quantitative estimate of drug-likeness (QED) is 0.147. The average molecular weight is 603 g/mol. The third-order valence-electron chi connectivity index (χ3n) is 7.63. The van der Waals surface area contributed by atoms with Crippen LogP contribution in [-0.2, 0) is 24.2 Å². The van der Waals surface area contributed by atoms with E-state index in [1.807, 2.05) is 67.4 Å². The second kappa shape index (κ2) is 15.3. The van der Waals surface area contributed by atoms with E-state index in [1.165, 1.54) is 24.3 Å². The number of hydrogen-bond acceptors (Lipinski definition) is 3. The Balaban J connectivity index is 1.51. The lowest BCUT2D eigenvalue weighted by Crippen LogP contribution is -2.32. The van der Waals surface area contributed by atoms with Crippen LogP contribution < -0.4 is 5.32 Å². The predicted molar refractivity (Wildman–Crippen MR) is 168 cm³/mol. The zero-order valence-corrected chi connectivity index (χ0v) is 25.2. The molecule has 44 heavy (non-hydrogen) atoms. The van der Waals surface area contributed by atoms with E-state index in [0.29, 0.717) is 49.6 Å². The van der Waals surface area contributed by atoms with Crippen LogP contribution in [0.2, 0.25) is 0 Å². The zero-order valence-electron chi connectivity index (χ0n) is 25.2. The van der Waals surface area contributed by atoms with Crippen LogP contribution in [0.4, 0.5) is 17.6 Å². The largest absolute Gasteiger partial charge is 0.475 e. The molecule has 0 saturated heterocycles. The van der Waals surface area contributed by atoms with Gasteiger partial charge in [0.15, 0.2) is 17.5 Å². The van der Waals surface area contributed by atoms with Crippen LogP contribution in [0.3, 0.4) is 0 Å². The van der Waals surface area contributed by atoms with Crippen molar-refractivity contribution in [3.05, 3.63) is 167 Å². The first kappa shape index (κ1) is 32.4. The van der Waals surface area contributed by atoms with Crippen LogP contribution >= 0.6 is 0 Å². The van der Waals surface area contributed by atoms with Gasteiger partial charge in [-0.05, 0) is 93.2 Å². The second-order valence-corrected chi connectivity index (χ2v) is 11.0. The van der Waals surface area contributed by atoms with Crippen LogP contribution in [0.25, 0.3) is 0 Å². The van der Waals surface area contributed by atoms with Gasteiger partial charge in [0, 0.05) is 35.6 Å². The van der Waals surface area contributed by atoms with E-state index < -0.39 is 23.3 Å². The Morgan fingerprint density at radius 1 is 0.841 bits per heavy atom. The summed E-state index contributed by atoms with van der Waals surface area (Å²) in [5.41, 5.74) is 5.31. The van der Waals surface area contributed by atoms with Crippen LogP contribution in [0.15, 0.2) is 127 Å². The number of nitrogens with zero attached hydrogens (tertiary/aromatic N) is 1. The third-order valence-corrected chi connectivity index (χ3v) is 7.63. The fraction of sp³-hybridized carbons (Fsp3) is 0.243. The molecule has 0 aliphatic carbocycles. The van der Waals surface area contributed by atoms with Crippen molar-refractivity contribution in [3.63, 3.8) is 0 Å². The Labute approximate surface area is 257 Å². The summed E-state index contributed by atoms with van der Waals surface area (Å²) >= 11 is 0. The molecule has 1 aliphatic heterocycles. The molecule has 1 aliphatic rings. The molecule has 3 nitrogen and oxygen atoms in total. The smallest absolute Gasteiger partial charge is 0.179 e. The minimum absolute atomic E-state index is 0.0485. The molecule has 1 atom stereocenters. The van der Waals surface area contributed by atoms with Gasteiger partial charge < -0.3 is 15.0 Å². The van der Waals surface area contributed by atoms with Gasteiger partial charge in [0.1, 0.15) is 18.2 Å². The number of ether oxygens (including phenoxy) is 1. The van der Waals surface area contributed by atoms with E-state index >= 15 is 0 Å². The normalized spacial score (nSPS) is 13.4. The Kier molecular flexibility index (Phi) is 11.2. The van der Waals surface area contributed by atoms with Crippen molar-refractivity contribution in [3.8, 4) is 0 Å². The van der Waals surface area contributed by atoms with Crippen LogP contribution in [0, 0.1) is 29.2 Å². The van der Waals surface area contributed by atoms with Gasteiger partial charge in [-0.15, -0.1) is 0 Å². The van der Waals surface area contributed by atoms with E-state index in [0.717, 1.165) is 28.5 Å². The molecule has 0 amide bonds. The van der Waals surface area contributed by atoms with Gasteiger partial charge in [-0.1, -0.05) is 60.7 Å². The summed E-state index contributed by atoms with van der Waals surface area (Å²) in [6, 6.07) is 17.6. The highest BCUT2D eigenvalue weighted by molar-refractivity contribution is 5.41. The molecule has 3 aromatic carbocycles. The van der Waals surface area contributed by atoms with Gasteiger partial charge in [0.05, 0.1) is 0 Å². The fourth-order valence-corrected chi connectivity index (χ4v) is 5.32. The lowest BCUT2D eigenvalue weighted by Gasteiger charge is -2.35. The summed E-state index contributed by atoms with van der Waals surface area (Å²) in [6.45, 7) is 13.2. The summed E-state index contributed by atoms with van der Waals surface area (Å²) < 4.78 is 62.1. The minimum atomic E-state index is -0.881. The minimum Gasteiger partial charge on any atom is -0.475 e. The van der Waals surface area contributed by atoms with Gasteiger partial charge in [0.25, 0.3) is 0 Å². The summed E-state index contributed by atoms with van der Waals surface area (Å²) in [7, 11) is 0. The van der Waals surface area contributed by atoms with Crippen molar-refractivity contribution < 1.29 is 22.3 Å². The molecule has 0 bridgehead atoms. The number of allylic oxidation sites excluding steroid dienone is 4. The van der Waals surface area contributed by atoms with Gasteiger partial charge in [-0.25, -0.2) is 17.6 Å². The summed E-state index contributed by atoms with van der Waals surface area (Å²) in [6.07, 6.45) is 7.41. The maximum Gasteiger partial charge on any atom is 0.179 e. The first-order valence-electron chi connectivity index (χ1n) is 14.6. The van der Waals surface area contributed by atoms with E-state index in [4.69, 9.17) is 4.74 Å². The van der Waals surface area contributed by atoms with Crippen LogP contribution in [0.1, 0.15) is 43.4 Å². The predicted octanol–water partition coefficient (Wildman–Crippen LogP) is 9.27. The third kappa shape index (κ3) is 8.53. The van der Waals surface area contributed by atoms with Crippen molar-refractivity contribution >= 4 is 0 Å². The second-order valence-electron chi connectivity index (χ2n) is 11.0. The molecule has 1 N–H and O–H groups in total. The topological polar surface area (TPSA) is 24.5 Å². The highest BCUT2D eigenvalue weighted by Gasteiger charge is 2.25. The van der Waals surface area contributed by atoms with Gasteiger partial charge in [0.2, 0.25) is 0 Å². The van der Waals surface area contributed by atoms with Crippen molar-refractivity contribution in [2.24, 2.45) is 5.92 Å². The first-order valence-corrected chi connectivity index (χ1v) is 14.6. The summed E-state index contributed by atoms with van der Waals surface area (Å²) in [4.78, 5) is 2.01. The highest BCUT2D eigenvalue weighted by atomic mass is 19.2. The molecular formula is C37H38F4N2O. The molecule has 230 valence electrons. The summed E-state index contributed by atoms with van der Waals surface area (Å²) in [5, 5.41) is 3.31. The lowest BCUT2D eigenvalue weighted by molar-refractivity contribution is 0.176. The van der Waals surface area contributed by atoms with E-state index in [2.05, 4.69) is 18.5 Å². The number of hydrogen-bond donors (Lipinski definition) is 1. The Bertz CT molecular complexity index is 1550. The van der Waals surface area contributed by atoms with Gasteiger partial charge >= 0.3 is 0 Å². The van der Waals surface area contributed by atoms with E-state index in [-0.39, 0.29) is 17.9 Å². The molecular weight excluding hydrogens is 564 g/mol. The van der Waals surface area contributed by atoms with E-state index in [9.17, 15) is 17.6 Å². The van der Waals surface area contributed by atoms with Crippen molar-refractivity contribution in [1.82, 2.24) is 10.2 Å². The number of rotatable bonds is 14. The number of halogens is 4. The monoisotopic (exact) mass is 602 g/mol. The van der Waals surface area contributed by atoms with Crippen molar-refractivity contribution in [2.75, 3.05) is 6.54 Å². The number of aryl methyl sites for hydroxylation is 1. The lowest BCUT2D eigenvalue weighted by atomic mass is 9.91. The molecule has 0 fully saturated rings. The molecule has 4 rings (SSSR count). The molecule has 7 heteroatoms. The fourth-order valence-electron chi connectivity index (χ4n) is 5.32. The number of benzene rings is 3. The highest BCUT2D eigenvalue weighted by Crippen LogP contribution is 2.34. The standard InChI is InChI=1S/C37H38F4N2O/c1-25(2)37(43-21-9-12-30(26(43)3)18-19-32-33(38)13-8-14-34(32)39)31(17-15-28-16-20-35(40)36(41)22-28)23-42-27(4)44-24-29-10-6-5-7-11-29/h5-14,16,20-22,31,42H,3-4,15,17-19,23-24H2,1-2H3. The Morgan fingerprint density at radius 3 is 2.25 bits per heavy atom. The SMILES string of the molecule is C=C(NCC(CCc1ccc(F)c(F)c1)C(=C(C)C)N1C=CC=C(CCc2c(F)cccc2F)C1=C)OCc1ccccc1.